The number of rotatable bonds is 2. The Morgan fingerprint density at radius 2 is 2.10 bits per heavy atom. The monoisotopic (exact) mass is 296 g/mol. The van der Waals surface area contributed by atoms with Crippen molar-refractivity contribution < 1.29 is 4.79 Å². The van der Waals surface area contributed by atoms with Gasteiger partial charge in [0.15, 0.2) is 5.69 Å². The van der Waals surface area contributed by atoms with Gasteiger partial charge in [0.25, 0.3) is 5.91 Å². The van der Waals surface area contributed by atoms with E-state index < -0.39 is 5.91 Å². The van der Waals surface area contributed by atoms with E-state index in [1.165, 1.54) is 6.07 Å². The molecule has 0 aliphatic carbocycles. The standard InChI is InChI=1S/C15H9ClN4O/c16-10-6-5-9(8-17)13(7-10)18-15(21)14-11-3-1-2-4-12(11)19-20-14/h1-7H,(H,18,21)(H,19,20). The number of H-pyrrole nitrogens is 1. The summed E-state index contributed by atoms with van der Waals surface area (Å²) in [6.07, 6.45) is 0. The second kappa shape index (κ2) is 5.27. The molecule has 0 aliphatic rings. The molecule has 6 heteroatoms. The number of carbonyl (C=O) groups is 1. The van der Waals surface area contributed by atoms with Gasteiger partial charge in [0.2, 0.25) is 0 Å². The molecule has 0 bridgehead atoms. The van der Waals surface area contributed by atoms with Gasteiger partial charge in [-0.3, -0.25) is 9.89 Å². The molecule has 0 atom stereocenters. The van der Waals surface area contributed by atoms with Crippen LogP contribution in [0.2, 0.25) is 5.02 Å². The molecule has 1 aromatic heterocycles. The Balaban J connectivity index is 1.97. The minimum absolute atomic E-state index is 0.273. The molecule has 1 amide bonds. The van der Waals surface area contributed by atoms with Crippen molar-refractivity contribution in [3.8, 4) is 6.07 Å². The maximum absolute atomic E-state index is 12.3. The van der Waals surface area contributed by atoms with Crippen molar-refractivity contribution in [1.29, 1.82) is 5.26 Å². The van der Waals surface area contributed by atoms with Gasteiger partial charge in [0.1, 0.15) is 6.07 Å². The van der Waals surface area contributed by atoms with Gasteiger partial charge in [0.05, 0.1) is 16.8 Å². The molecule has 2 N–H and O–H groups in total. The lowest BCUT2D eigenvalue weighted by Crippen LogP contribution is -2.13. The number of aromatic amines is 1. The molecular formula is C15H9ClN4O. The fraction of sp³-hybridized carbons (Fsp3) is 0. The largest absolute Gasteiger partial charge is 0.319 e. The number of halogens is 1. The summed E-state index contributed by atoms with van der Waals surface area (Å²) < 4.78 is 0. The summed E-state index contributed by atoms with van der Waals surface area (Å²) in [6, 6.07) is 14.0. The number of benzene rings is 2. The molecule has 3 aromatic rings. The number of amides is 1. The highest BCUT2D eigenvalue weighted by molar-refractivity contribution is 6.31. The maximum Gasteiger partial charge on any atom is 0.276 e. The summed E-state index contributed by atoms with van der Waals surface area (Å²) in [5.41, 5.74) is 1.75. The van der Waals surface area contributed by atoms with Crippen LogP contribution in [-0.4, -0.2) is 16.1 Å². The normalized spacial score (nSPS) is 10.3. The molecule has 0 aliphatic heterocycles. The predicted molar refractivity (Wildman–Crippen MR) is 80.2 cm³/mol. The maximum atomic E-state index is 12.3. The van der Waals surface area contributed by atoms with Crippen molar-refractivity contribution >= 4 is 34.1 Å². The summed E-state index contributed by atoms with van der Waals surface area (Å²) in [4.78, 5) is 12.3. The highest BCUT2D eigenvalue weighted by Crippen LogP contribution is 2.22. The first-order chi connectivity index (χ1) is 10.2. The minimum atomic E-state index is -0.397. The molecule has 0 spiro atoms. The van der Waals surface area contributed by atoms with Crippen LogP contribution in [0.4, 0.5) is 5.69 Å². The third-order valence-corrected chi connectivity index (χ3v) is 3.27. The molecule has 1 heterocycles. The molecule has 102 valence electrons. The van der Waals surface area contributed by atoms with Gasteiger partial charge in [-0.05, 0) is 24.3 Å². The van der Waals surface area contributed by atoms with E-state index in [1.807, 2.05) is 24.3 Å². The first kappa shape index (κ1) is 13.2. The number of anilines is 1. The Morgan fingerprint density at radius 3 is 2.90 bits per heavy atom. The summed E-state index contributed by atoms with van der Waals surface area (Å²) in [5.74, 6) is -0.397. The number of nitrogens with one attached hydrogen (secondary N) is 2. The number of nitriles is 1. The molecule has 3 rings (SSSR count). The number of carbonyl (C=O) groups excluding carboxylic acids is 1. The average molecular weight is 297 g/mol. The van der Waals surface area contributed by atoms with Gasteiger partial charge in [-0.1, -0.05) is 29.8 Å². The quantitative estimate of drug-likeness (QED) is 0.761. The first-order valence-corrected chi connectivity index (χ1v) is 6.51. The number of hydrogen-bond donors (Lipinski definition) is 2. The second-order valence-electron chi connectivity index (χ2n) is 4.37. The average Bonchev–Trinajstić information content (AvgIpc) is 2.91. The number of aromatic nitrogens is 2. The van der Waals surface area contributed by atoms with Crippen LogP contribution in [0.25, 0.3) is 10.9 Å². The van der Waals surface area contributed by atoms with Gasteiger partial charge >= 0.3 is 0 Å². The summed E-state index contributed by atoms with van der Waals surface area (Å²) in [6.45, 7) is 0. The molecule has 5 nitrogen and oxygen atoms in total. The molecular weight excluding hydrogens is 288 g/mol. The lowest BCUT2D eigenvalue weighted by Gasteiger charge is -2.06. The Kier molecular flexibility index (Phi) is 3.30. The number of nitrogens with zero attached hydrogens (tertiary/aromatic N) is 2. The molecule has 0 unspecified atom stereocenters. The lowest BCUT2D eigenvalue weighted by atomic mass is 10.1. The van der Waals surface area contributed by atoms with Crippen molar-refractivity contribution in [3.05, 3.63) is 58.7 Å². The Bertz CT molecular complexity index is 879. The molecule has 0 fully saturated rings. The van der Waals surface area contributed by atoms with E-state index in [0.717, 1.165) is 10.9 Å². The van der Waals surface area contributed by atoms with Crippen LogP contribution in [0.3, 0.4) is 0 Å². The van der Waals surface area contributed by atoms with Crippen LogP contribution < -0.4 is 5.32 Å². The third-order valence-electron chi connectivity index (χ3n) is 3.04. The van der Waals surface area contributed by atoms with Crippen LogP contribution >= 0.6 is 11.6 Å². The number of hydrogen-bond acceptors (Lipinski definition) is 3. The zero-order valence-electron chi connectivity index (χ0n) is 10.7. The lowest BCUT2D eigenvalue weighted by molar-refractivity contribution is 0.102. The van der Waals surface area contributed by atoms with Crippen LogP contribution in [-0.2, 0) is 0 Å². The van der Waals surface area contributed by atoms with E-state index in [9.17, 15) is 4.79 Å². The van der Waals surface area contributed by atoms with Crippen LogP contribution in [0.5, 0.6) is 0 Å². The SMILES string of the molecule is N#Cc1ccc(Cl)cc1NC(=O)c1n[nH]c2ccccc12. The van der Waals surface area contributed by atoms with E-state index in [0.29, 0.717) is 16.3 Å². The Labute approximate surface area is 125 Å². The van der Waals surface area contributed by atoms with Crippen LogP contribution in [0.15, 0.2) is 42.5 Å². The Hall–Kier alpha value is -2.84. The van der Waals surface area contributed by atoms with Gasteiger partial charge in [-0.15, -0.1) is 0 Å². The minimum Gasteiger partial charge on any atom is -0.319 e. The molecule has 0 radical (unpaired) electrons. The van der Waals surface area contributed by atoms with Gasteiger partial charge in [-0.25, -0.2) is 0 Å². The molecule has 0 saturated carbocycles. The van der Waals surface area contributed by atoms with Crippen molar-refractivity contribution in [3.63, 3.8) is 0 Å². The fourth-order valence-electron chi connectivity index (χ4n) is 2.04. The van der Waals surface area contributed by atoms with Crippen LogP contribution in [0, 0.1) is 11.3 Å². The molecule has 21 heavy (non-hydrogen) atoms. The van der Waals surface area contributed by atoms with E-state index in [2.05, 4.69) is 15.5 Å². The number of fused-ring (bicyclic) bond motifs is 1. The molecule has 0 saturated heterocycles. The van der Waals surface area contributed by atoms with Crippen molar-refractivity contribution in [2.45, 2.75) is 0 Å². The van der Waals surface area contributed by atoms with Gasteiger partial charge in [-0.2, -0.15) is 10.4 Å². The second-order valence-corrected chi connectivity index (χ2v) is 4.81. The summed E-state index contributed by atoms with van der Waals surface area (Å²) in [7, 11) is 0. The highest BCUT2D eigenvalue weighted by Gasteiger charge is 2.15. The highest BCUT2D eigenvalue weighted by atomic mass is 35.5. The predicted octanol–water partition coefficient (Wildman–Crippen LogP) is 3.34. The zero-order valence-corrected chi connectivity index (χ0v) is 11.5. The smallest absolute Gasteiger partial charge is 0.276 e. The Morgan fingerprint density at radius 1 is 1.29 bits per heavy atom. The van der Waals surface area contributed by atoms with Crippen molar-refractivity contribution in [1.82, 2.24) is 10.2 Å². The van der Waals surface area contributed by atoms with Crippen LogP contribution in [0.1, 0.15) is 16.1 Å². The molecule has 2 aromatic carbocycles. The first-order valence-electron chi connectivity index (χ1n) is 6.13. The van der Waals surface area contributed by atoms with Crippen molar-refractivity contribution in [2.75, 3.05) is 5.32 Å². The van der Waals surface area contributed by atoms with Gasteiger partial charge < -0.3 is 5.32 Å². The topological polar surface area (TPSA) is 81.6 Å². The van der Waals surface area contributed by atoms with E-state index >= 15 is 0 Å². The third kappa shape index (κ3) is 2.45. The van der Waals surface area contributed by atoms with E-state index in [1.54, 1.807) is 18.2 Å². The zero-order chi connectivity index (χ0) is 14.8. The number of para-hydroxylation sites is 1. The van der Waals surface area contributed by atoms with Crippen molar-refractivity contribution in [2.24, 2.45) is 0 Å². The summed E-state index contributed by atoms with van der Waals surface area (Å²) >= 11 is 5.89. The fourth-order valence-corrected chi connectivity index (χ4v) is 2.21. The summed E-state index contributed by atoms with van der Waals surface area (Å²) in [5, 5.41) is 19.7. The van der Waals surface area contributed by atoms with Gasteiger partial charge in [0, 0.05) is 10.4 Å². The van der Waals surface area contributed by atoms with E-state index in [4.69, 9.17) is 16.9 Å². The van der Waals surface area contributed by atoms with E-state index in [-0.39, 0.29) is 5.69 Å².